The number of carbonyl (C=O) groups is 1. The fraction of sp³-hybridized carbons (Fsp3) is 0.292. The van der Waals surface area contributed by atoms with E-state index >= 15 is 0 Å². The van der Waals surface area contributed by atoms with Gasteiger partial charge in [-0.3, -0.25) is 4.79 Å². The quantitative estimate of drug-likeness (QED) is 0.626. The zero-order chi connectivity index (χ0) is 20.9. The van der Waals surface area contributed by atoms with Gasteiger partial charge in [0.25, 0.3) is 0 Å². The van der Waals surface area contributed by atoms with Crippen LogP contribution in [0.1, 0.15) is 19.8 Å². The molecule has 30 heavy (non-hydrogen) atoms. The number of halogens is 1. The van der Waals surface area contributed by atoms with E-state index in [0.717, 1.165) is 43.0 Å². The molecule has 1 aliphatic rings. The lowest BCUT2D eigenvalue weighted by atomic mass is 9.95. The number of rotatable bonds is 5. The van der Waals surface area contributed by atoms with Crippen molar-refractivity contribution in [2.24, 2.45) is 5.92 Å². The number of hydrogen-bond donors (Lipinski definition) is 0. The first-order chi connectivity index (χ1) is 14.7. The van der Waals surface area contributed by atoms with Gasteiger partial charge in [0.1, 0.15) is 5.82 Å². The summed E-state index contributed by atoms with van der Waals surface area (Å²) in [6.45, 7) is 4.22. The van der Waals surface area contributed by atoms with Crippen LogP contribution in [0.2, 0.25) is 0 Å². The Morgan fingerprint density at radius 3 is 2.30 bits per heavy atom. The molecule has 2 heterocycles. The maximum Gasteiger partial charge on any atom is 0.230 e. The molecule has 0 saturated carbocycles. The summed E-state index contributed by atoms with van der Waals surface area (Å²) in [4.78, 5) is 17.1. The smallest absolute Gasteiger partial charge is 0.230 e. The highest BCUT2D eigenvalue weighted by molar-refractivity contribution is 5.95. The number of nitrogens with zero attached hydrogens (tertiary/aromatic N) is 4. The van der Waals surface area contributed by atoms with Crippen molar-refractivity contribution >= 4 is 17.4 Å². The SMILES string of the molecule is CCN(C(=O)C1CCN(c2ccc(-c3ccc(F)cc3)nn2)CC1)c1ccccc1. The molecule has 5 nitrogen and oxygen atoms in total. The minimum absolute atomic E-state index is 0.0212. The first kappa shape index (κ1) is 20.0. The van der Waals surface area contributed by atoms with Crippen LogP contribution in [-0.4, -0.2) is 35.7 Å². The molecule has 0 bridgehead atoms. The van der Waals surface area contributed by atoms with Crippen molar-refractivity contribution in [1.82, 2.24) is 10.2 Å². The van der Waals surface area contributed by atoms with E-state index in [1.165, 1.54) is 12.1 Å². The van der Waals surface area contributed by atoms with E-state index in [0.29, 0.717) is 12.2 Å². The minimum Gasteiger partial charge on any atom is -0.355 e. The van der Waals surface area contributed by atoms with Crippen LogP contribution in [0.4, 0.5) is 15.9 Å². The Morgan fingerprint density at radius 2 is 1.70 bits per heavy atom. The largest absolute Gasteiger partial charge is 0.355 e. The molecule has 0 aliphatic carbocycles. The first-order valence-electron chi connectivity index (χ1n) is 10.4. The molecule has 6 heteroatoms. The summed E-state index contributed by atoms with van der Waals surface area (Å²) in [5, 5.41) is 8.66. The third-order valence-corrected chi connectivity index (χ3v) is 5.61. The molecule has 1 amide bonds. The van der Waals surface area contributed by atoms with E-state index in [1.54, 1.807) is 12.1 Å². The number of hydrogen-bond acceptors (Lipinski definition) is 4. The second-order valence-electron chi connectivity index (χ2n) is 7.46. The van der Waals surface area contributed by atoms with Crippen molar-refractivity contribution < 1.29 is 9.18 Å². The summed E-state index contributed by atoms with van der Waals surface area (Å²) in [7, 11) is 0. The number of carbonyl (C=O) groups excluding carboxylic acids is 1. The second kappa shape index (κ2) is 9.03. The highest BCUT2D eigenvalue weighted by atomic mass is 19.1. The molecule has 0 N–H and O–H groups in total. The summed E-state index contributed by atoms with van der Waals surface area (Å²) in [5.74, 6) is 0.755. The van der Waals surface area contributed by atoms with Crippen LogP contribution < -0.4 is 9.80 Å². The van der Waals surface area contributed by atoms with Gasteiger partial charge < -0.3 is 9.80 Å². The summed E-state index contributed by atoms with van der Waals surface area (Å²) in [5.41, 5.74) is 2.50. The molecular formula is C24H25FN4O. The lowest BCUT2D eigenvalue weighted by Gasteiger charge is -2.34. The van der Waals surface area contributed by atoms with E-state index in [9.17, 15) is 9.18 Å². The molecule has 1 fully saturated rings. The number of piperidine rings is 1. The van der Waals surface area contributed by atoms with Gasteiger partial charge in [-0.15, -0.1) is 10.2 Å². The zero-order valence-corrected chi connectivity index (χ0v) is 17.0. The van der Waals surface area contributed by atoms with Crippen molar-refractivity contribution in [2.45, 2.75) is 19.8 Å². The molecule has 154 valence electrons. The molecule has 2 aromatic carbocycles. The van der Waals surface area contributed by atoms with Gasteiger partial charge in [-0.05, 0) is 68.3 Å². The first-order valence-corrected chi connectivity index (χ1v) is 10.4. The van der Waals surface area contributed by atoms with E-state index in [1.807, 2.05) is 54.3 Å². The predicted molar refractivity (Wildman–Crippen MR) is 117 cm³/mol. The fourth-order valence-electron chi connectivity index (χ4n) is 3.92. The van der Waals surface area contributed by atoms with Crippen LogP contribution in [0.25, 0.3) is 11.3 Å². The van der Waals surface area contributed by atoms with Gasteiger partial charge in [0.15, 0.2) is 5.82 Å². The van der Waals surface area contributed by atoms with E-state index in [-0.39, 0.29) is 17.6 Å². The summed E-state index contributed by atoms with van der Waals surface area (Å²) in [6, 6.07) is 19.9. The summed E-state index contributed by atoms with van der Waals surface area (Å²) >= 11 is 0. The maximum absolute atomic E-state index is 13.1. The van der Waals surface area contributed by atoms with Crippen molar-refractivity contribution in [3.8, 4) is 11.3 Å². The Labute approximate surface area is 176 Å². The Hall–Kier alpha value is -3.28. The van der Waals surface area contributed by atoms with Gasteiger partial charge in [-0.2, -0.15) is 0 Å². The standard InChI is InChI=1S/C24H25FN4O/c1-2-29(21-6-4-3-5-7-21)24(30)19-14-16-28(17-15-19)23-13-12-22(26-27-23)18-8-10-20(25)11-9-18/h3-13,19H,2,14-17H2,1H3. The second-order valence-corrected chi connectivity index (χ2v) is 7.46. The monoisotopic (exact) mass is 404 g/mol. The Bertz CT molecular complexity index is 968. The van der Waals surface area contributed by atoms with Gasteiger partial charge >= 0.3 is 0 Å². The molecule has 4 rings (SSSR count). The molecular weight excluding hydrogens is 379 g/mol. The lowest BCUT2D eigenvalue weighted by molar-refractivity contribution is -0.122. The Kier molecular flexibility index (Phi) is 6.02. The van der Waals surface area contributed by atoms with Crippen LogP contribution in [0.15, 0.2) is 66.7 Å². The van der Waals surface area contributed by atoms with E-state index in [4.69, 9.17) is 0 Å². The Balaban J connectivity index is 1.38. The van der Waals surface area contributed by atoms with E-state index in [2.05, 4.69) is 15.1 Å². The molecule has 1 aromatic heterocycles. The number of amides is 1. The molecule has 1 aliphatic heterocycles. The van der Waals surface area contributed by atoms with Crippen LogP contribution in [0, 0.1) is 11.7 Å². The number of para-hydroxylation sites is 1. The number of aromatic nitrogens is 2. The minimum atomic E-state index is -0.269. The average molecular weight is 404 g/mol. The van der Waals surface area contributed by atoms with Crippen molar-refractivity contribution in [3.05, 3.63) is 72.5 Å². The van der Waals surface area contributed by atoms with Gasteiger partial charge in [-0.1, -0.05) is 18.2 Å². The summed E-state index contributed by atoms with van der Waals surface area (Å²) in [6.07, 6.45) is 1.59. The van der Waals surface area contributed by atoms with Crippen LogP contribution >= 0.6 is 0 Å². The third kappa shape index (κ3) is 4.32. The number of anilines is 2. The lowest BCUT2D eigenvalue weighted by Crippen LogP contribution is -2.43. The molecule has 0 unspecified atom stereocenters. The van der Waals surface area contributed by atoms with Crippen LogP contribution in [-0.2, 0) is 4.79 Å². The van der Waals surface area contributed by atoms with Crippen molar-refractivity contribution in [1.29, 1.82) is 0 Å². The molecule has 0 atom stereocenters. The normalized spacial score (nSPS) is 14.5. The van der Waals surface area contributed by atoms with Crippen molar-refractivity contribution in [2.75, 3.05) is 29.4 Å². The van der Waals surface area contributed by atoms with Gasteiger partial charge in [0.2, 0.25) is 5.91 Å². The highest BCUT2D eigenvalue weighted by Crippen LogP contribution is 2.26. The summed E-state index contributed by atoms with van der Waals surface area (Å²) < 4.78 is 13.1. The van der Waals surface area contributed by atoms with Crippen LogP contribution in [0.5, 0.6) is 0 Å². The third-order valence-electron chi connectivity index (χ3n) is 5.61. The van der Waals surface area contributed by atoms with Crippen molar-refractivity contribution in [3.63, 3.8) is 0 Å². The fourth-order valence-corrected chi connectivity index (χ4v) is 3.92. The molecule has 0 spiro atoms. The molecule has 3 aromatic rings. The zero-order valence-electron chi connectivity index (χ0n) is 17.0. The number of benzene rings is 2. The van der Waals surface area contributed by atoms with Gasteiger partial charge in [-0.25, -0.2) is 4.39 Å². The van der Waals surface area contributed by atoms with Gasteiger partial charge in [0, 0.05) is 36.8 Å². The Morgan fingerprint density at radius 1 is 1.00 bits per heavy atom. The average Bonchev–Trinajstić information content (AvgIpc) is 2.81. The maximum atomic E-state index is 13.1. The van der Waals surface area contributed by atoms with Gasteiger partial charge in [0.05, 0.1) is 5.69 Å². The molecule has 0 radical (unpaired) electrons. The van der Waals surface area contributed by atoms with Crippen LogP contribution in [0.3, 0.4) is 0 Å². The highest BCUT2D eigenvalue weighted by Gasteiger charge is 2.29. The topological polar surface area (TPSA) is 49.3 Å². The molecule has 1 saturated heterocycles. The van der Waals surface area contributed by atoms with E-state index < -0.39 is 0 Å². The predicted octanol–water partition coefficient (Wildman–Crippen LogP) is 4.55.